The van der Waals surface area contributed by atoms with Crippen LogP contribution < -0.4 is 18.9 Å². The lowest BCUT2D eigenvalue weighted by Crippen LogP contribution is -2.09. The number of methoxy groups -OCH3 is 4. The topological polar surface area (TPSA) is 63.2 Å². The van der Waals surface area contributed by atoms with Gasteiger partial charge in [-0.3, -0.25) is 0 Å². The van der Waals surface area contributed by atoms with E-state index in [1.165, 1.54) is 7.11 Å². The molecule has 1 rings (SSSR count). The molecule has 0 aliphatic rings. The molecule has 1 aromatic carbocycles. The maximum atomic E-state index is 12.4. The molecule has 0 unspecified atom stereocenters. The molecule has 0 heterocycles. The lowest BCUT2D eigenvalue weighted by molar-refractivity contribution is -0.138. The van der Waals surface area contributed by atoms with Crippen molar-refractivity contribution in [3.05, 3.63) is 16.7 Å². The third kappa shape index (κ3) is 4.62. The van der Waals surface area contributed by atoms with E-state index in [0.29, 0.717) is 47.2 Å². The Morgan fingerprint density at radius 3 is 1.88 bits per heavy atom. The Labute approximate surface area is 156 Å². The van der Waals surface area contributed by atoms with Gasteiger partial charge in [0.25, 0.3) is 0 Å². The SMILES string of the molecule is CCCCC(=Cc1c(C)c(OC)c(OC)c(OC)c1OC)C(=O)OCC. The van der Waals surface area contributed by atoms with Gasteiger partial charge in [0.05, 0.1) is 35.0 Å². The lowest BCUT2D eigenvalue weighted by atomic mass is 9.99. The number of ether oxygens (including phenoxy) is 5. The van der Waals surface area contributed by atoms with Crippen LogP contribution in [0.1, 0.15) is 44.2 Å². The number of rotatable bonds is 10. The van der Waals surface area contributed by atoms with E-state index in [1.54, 1.807) is 34.3 Å². The third-order valence-corrected chi connectivity index (χ3v) is 4.08. The van der Waals surface area contributed by atoms with Gasteiger partial charge in [0.15, 0.2) is 11.5 Å². The molecule has 146 valence electrons. The minimum Gasteiger partial charge on any atom is -0.492 e. The van der Waals surface area contributed by atoms with E-state index in [9.17, 15) is 4.79 Å². The van der Waals surface area contributed by atoms with Crippen molar-refractivity contribution in [2.24, 2.45) is 0 Å². The number of unbranched alkanes of at least 4 members (excludes halogenated alkanes) is 1. The van der Waals surface area contributed by atoms with Crippen LogP contribution in [-0.4, -0.2) is 41.0 Å². The summed E-state index contributed by atoms with van der Waals surface area (Å²) >= 11 is 0. The van der Waals surface area contributed by atoms with Crippen molar-refractivity contribution in [2.75, 3.05) is 35.0 Å². The molecule has 26 heavy (non-hydrogen) atoms. The highest BCUT2D eigenvalue weighted by Crippen LogP contribution is 2.50. The zero-order valence-corrected chi connectivity index (χ0v) is 16.9. The van der Waals surface area contributed by atoms with Crippen molar-refractivity contribution in [1.29, 1.82) is 0 Å². The molecule has 0 fully saturated rings. The molecule has 0 saturated heterocycles. The van der Waals surface area contributed by atoms with E-state index < -0.39 is 0 Å². The minimum atomic E-state index is -0.323. The van der Waals surface area contributed by atoms with Crippen molar-refractivity contribution in [1.82, 2.24) is 0 Å². The number of hydrogen-bond donors (Lipinski definition) is 0. The highest BCUT2D eigenvalue weighted by molar-refractivity contribution is 5.95. The van der Waals surface area contributed by atoms with E-state index in [-0.39, 0.29) is 5.97 Å². The first-order valence-corrected chi connectivity index (χ1v) is 8.74. The molecule has 6 heteroatoms. The second-order valence-electron chi connectivity index (χ2n) is 5.67. The minimum absolute atomic E-state index is 0.323. The molecule has 0 spiro atoms. The molecule has 0 N–H and O–H groups in total. The zero-order chi connectivity index (χ0) is 19.7. The fourth-order valence-corrected chi connectivity index (χ4v) is 2.78. The largest absolute Gasteiger partial charge is 0.492 e. The van der Waals surface area contributed by atoms with Gasteiger partial charge in [-0.1, -0.05) is 13.3 Å². The van der Waals surface area contributed by atoms with Crippen LogP contribution in [0.15, 0.2) is 5.57 Å². The smallest absolute Gasteiger partial charge is 0.334 e. The predicted octanol–water partition coefficient (Wildman–Crippen LogP) is 4.17. The van der Waals surface area contributed by atoms with E-state index in [2.05, 4.69) is 6.92 Å². The second-order valence-corrected chi connectivity index (χ2v) is 5.67. The van der Waals surface area contributed by atoms with Gasteiger partial charge >= 0.3 is 5.97 Å². The molecule has 1 aromatic rings. The maximum absolute atomic E-state index is 12.4. The molecule has 6 nitrogen and oxygen atoms in total. The maximum Gasteiger partial charge on any atom is 0.334 e. The third-order valence-electron chi connectivity index (χ3n) is 4.08. The Morgan fingerprint density at radius 1 is 0.885 bits per heavy atom. The number of hydrogen-bond acceptors (Lipinski definition) is 6. The highest BCUT2D eigenvalue weighted by Gasteiger charge is 2.25. The summed E-state index contributed by atoms with van der Waals surface area (Å²) in [5.74, 6) is 1.57. The molecular formula is C20H30O6. The van der Waals surface area contributed by atoms with Crippen LogP contribution in [0.3, 0.4) is 0 Å². The standard InChI is InChI=1S/C20H30O6/c1-8-10-11-14(20(21)26-9-2)12-15-13(3)16(22-4)18(24-6)19(25-7)17(15)23-5/h12H,8-11H2,1-7H3. The summed E-state index contributed by atoms with van der Waals surface area (Å²) in [6.45, 7) is 6.08. The number of carbonyl (C=O) groups excluding carboxylic acids is 1. The lowest BCUT2D eigenvalue weighted by Gasteiger charge is -2.20. The van der Waals surface area contributed by atoms with Crippen molar-refractivity contribution in [3.63, 3.8) is 0 Å². The first-order chi connectivity index (χ1) is 12.5. The van der Waals surface area contributed by atoms with Crippen LogP contribution in [0.5, 0.6) is 23.0 Å². The van der Waals surface area contributed by atoms with Gasteiger partial charge in [-0.2, -0.15) is 0 Å². The van der Waals surface area contributed by atoms with Crippen molar-refractivity contribution >= 4 is 12.0 Å². The number of benzene rings is 1. The molecule has 0 bridgehead atoms. The number of carbonyl (C=O) groups is 1. The average molecular weight is 366 g/mol. The fourth-order valence-electron chi connectivity index (χ4n) is 2.78. The summed E-state index contributed by atoms with van der Waals surface area (Å²) in [5.41, 5.74) is 2.09. The van der Waals surface area contributed by atoms with E-state index >= 15 is 0 Å². The molecule has 0 amide bonds. The summed E-state index contributed by atoms with van der Waals surface area (Å²) < 4.78 is 27.2. The summed E-state index contributed by atoms with van der Waals surface area (Å²) in [6, 6.07) is 0. The van der Waals surface area contributed by atoms with Crippen molar-refractivity contribution < 1.29 is 28.5 Å². The van der Waals surface area contributed by atoms with Crippen molar-refractivity contribution in [3.8, 4) is 23.0 Å². The van der Waals surface area contributed by atoms with Crippen LogP contribution in [0, 0.1) is 6.92 Å². The predicted molar refractivity (Wildman–Crippen MR) is 102 cm³/mol. The Hall–Kier alpha value is -2.37. The quantitative estimate of drug-likeness (QED) is 0.457. The van der Waals surface area contributed by atoms with Crippen LogP contribution >= 0.6 is 0 Å². The highest BCUT2D eigenvalue weighted by atomic mass is 16.5. The normalized spacial score (nSPS) is 11.1. The van der Waals surface area contributed by atoms with E-state index in [4.69, 9.17) is 23.7 Å². The molecule has 0 saturated carbocycles. The Morgan fingerprint density at radius 2 is 1.42 bits per heavy atom. The average Bonchev–Trinajstić information content (AvgIpc) is 2.65. The molecule has 0 aliphatic heterocycles. The summed E-state index contributed by atoms with van der Waals surface area (Å²) in [6.07, 6.45) is 4.28. The van der Waals surface area contributed by atoms with Gasteiger partial charge < -0.3 is 23.7 Å². The first-order valence-electron chi connectivity index (χ1n) is 8.74. The van der Waals surface area contributed by atoms with Crippen molar-refractivity contribution in [2.45, 2.75) is 40.0 Å². The monoisotopic (exact) mass is 366 g/mol. The zero-order valence-electron chi connectivity index (χ0n) is 16.9. The number of esters is 1. The second kappa shape index (κ2) is 10.6. The Kier molecular flexibility index (Phi) is 8.82. The van der Waals surface area contributed by atoms with Gasteiger partial charge in [-0.05, 0) is 32.8 Å². The van der Waals surface area contributed by atoms with Gasteiger partial charge in [-0.15, -0.1) is 0 Å². The summed E-state index contributed by atoms with van der Waals surface area (Å²) in [5, 5.41) is 0. The molecule has 0 radical (unpaired) electrons. The Bertz CT molecular complexity index is 648. The van der Waals surface area contributed by atoms with Crippen LogP contribution in [0.4, 0.5) is 0 Å². The van der Waals surface area contributed by atoms with Gasteiger partial charge in [0, 0.05) is 16.7 Å². The summed E-state index contributed by atoms with van der Waals surface area (Å²) in [4.78, 5) is 12.4. The Balaban J connectivity index is 3.68. The molecule has 0 aromatic heterocycles. The van der Waals surface area contributed by atoms with E-state index in [0.717, 1.165) is 18.4 Å². The van der Waals surface area contributed by atoms with Crippen LogP contribution in [-0.2, 0) is 9.53 Å². The molecular weight excluding hydrogens is 336 g/mol. The van der Waals surface area contributed by atoms with Crippen LogP contribution in [0.25, 0.3) is 6.08 Å². The van der Waals surface area contributed by atoms with Crippen LogP contribution in [0.2, 0.25) is 0 Å². The fraction of sp³-hybridized carbons (Fsp3) is 0.550. The molecule has 0 aliphatic carbocycles. The van der Waals surface area contributed by atoms with Gasteiger partial charge in [-0.25, -0.2) is 4.79 Å². The first kappa shape index (κ1) is 21.7. The van der Waals surface area contributed by atoms with Gasteiger partial charge in [0.2, 0.25) is 11.5 Å². The van der Waals surface area contributed by atoms with E-state index in [1.807, 2.05) is 6.92 Å². The molecule has 0 atom stereocenters. The van der Waals surface area contributed by atoms with Gasteiger partial charge in [0.1, 0.15) is 0 Å². The summed E-state index contributed by atoms with van der Waals surface area (Å²) in [7, 11) is 6.19.